The van der Waals surface area contributed by atoms with Crippen LogP contribution in [0.25, 0.3) is 0 Å². The van der Waals surface area contributed by atoms with Crippen LogP contribution < -0.4 is 10.0 Å². The topological polar surface area (TPSA) is 78.4 Å². The molecule has 0 unspecified atom stereocenters. The van der Waals surface area contributed by atoms with Crippen LogP contribution in [-0.4, -0.2) is 27.2 Å². The minimum absolute atomic E-state index is 0.0723. The number of aliphatic hydroxyl groups excluding tert-OH is 1. The third kappa shape index (κ3) is 3.96. The summed E-state index contributed by atoms with van der Waals surface area (Å²) in [6.45, 7) is 0.0723. The van der Waals surface area contributed by atoms with Crippen molar-refractivity contribution >= 4 is 21.4 Å². The Morgan fingerprint density at radius 1 is 0.952 bits per heavy atom. The smallest absolute Gasteiger partial charge is 0.261 e. The molecule has 21 heavy (non-hydrogen) atoms. The van der Waals surface area contributed by atoms with Gasteiger partial charge in [0.2, 0.25) is 0 Å². The lowest BCUT2D eigenvalue weighted by Gasteiger charge is -2.09. The zero-order valence-corrected chi connectivity index (χ0v) is 12.5. The average molecular weight is 306 g/mol. The molecular weight excluding hydrogens is 288 g/mol. The number of benzene rings is 2. The highest BCUT2D eigenvalue weighted by Crippen LogP contribution is 2.18. The van der Waals surface area contributed by atoms with Crippen LogP contribution in [-0.2, 0) is 16.4 Å². The number of sulfonamides is 1. The van der Waals surface area contributed by atoms with Gasteiger partial charge in [-0.15, -0.1) is 0 Å². The van der Waals surface area contributed by atoms with E-state index >= 15 is 0 Å². The lowest BCUT2D eigenvalue weighted by Crippen LogP contribution is -2.12. The highest BCUT2D eigenvalue weighted by Gasteiger charge is 2.13. The van der Waals surface area contributed by atoms with E-state index in [1.807, 2.05) is 0 Å². The molecule has 0 aliphatic heterocycles. The van der Waals surface area contributed by atoms with Crippen LogP contribution in [0.5, 0.6) is 0 Å². The Hall–Kier alpha value is -2.05. The van der Waals surface area contributed by atoms with Crippen molar-refractivity contribution in [1.82, 2.24) is 0 Å². The first-order chi connectivity index (χ1) is 10.0. The summed E-state index contributed by atoms with van der Waals surface area (Å²) in [6.07, 6.45) is 0.554. The van der Waals surface area contributed by atoms with Gasteiger partial charge in [-0.1, -0.05) is 12.1 Å². The molecule has 0 radical (unpaired) electrons. The summed E-state index contributed by atoms with van der Waals surface area (Å²) in [5.74, 6) is 0. The first-order valence-corrected chi connectivity index (χ1v) is 8.04. The van der Waals surface area contributed by atoms with Crippen LogP contribution in [0.1, 0.15) is 5.56 Å². The molecule has 3 N–H and O–H groups in total. The molecule has 2 aromatic carbocycles. The van der Waals surface area contributed by atoms with Crippen LogP contribution in [0.2, 0.25) is 0 Å². The Morgan fingerprint density at radius 2 is 1.52 bits per heavy atom. The van der Waals surface area contributed by atoms with E-state index in [0.29, 0.717) is 12.1 Å². The zero-order chi connectivity index (χ0) is 15.3. The SMILES string of the molecule is CNc1ccc(S(=O)(=O)Nc2ccc(CCO)cc2)cc1. The number of aliphatic hydroxyl groups is 1. The first-order valence-electron chi connectivity index (χ1n) is 6.55. The van der Waals surface area contributed by atoms with Gasteiger partial charge >= 0.3 is 0 Å². The highest BCUT2D eigenvalue weighted by atomic mass is 32.2. The van der Waals surface area contributed by atoms with Crippen LogP contribution in [0.4, 0.5) is 11.4 Å². The summed E-state index contributed by atoms with van der Waals surface area (Å²) in [5.41, 5.74) is 2.30. The molecule has 0 saturated carbocycles. The van der Waals surface area contributed by atoms with Crippen LogP contribution in [0.3, 0.4) is 0 Å². The van der Waals surface area contributed by atoms with Gasteiger partial charge in [0.1, 0.15) is 0 Å². The second kappa shape index (κ2) is 6.60. The molecule has 0 fully saturated rings. The van der Waals surface area contributed by atoms with Crippen molar-refractivity contribution in [3.8, 4) is 0 Å². The predicted molar refractivity (Wildman–Crippen MR) is 84.0 cm³/mol. The molecule has 0 aromatic heterocycles. The second-order valence-electron chi connectivity index (χ2n) is 4.55. The van der Waals surface area contributed by atoms with E-state index < -0.39 is 10.0 Å². The van der Waals surface area contributed by atoms with Crippen LogP contribution in [0.15, 0.2) is 53.4 Å². The molecule has 0 amide bonds. The Morgan fingerprint density at radius 3 is 2.05 bits per heavy atom. The lowest BCUT2D eigenvalue weighted by molar-refractivity contribution is 0.299. The van der Waals surface area contributed by atoms with Gasteiger partial charge in [0.15, 0.2) is 0 Å². The highest BCUT2D eigenvalue weighted by molar-refractivity contribution is 7.92. The van der Waals surface area contributed by atoms with Gasteiger partial charge in [-0.25, -0.2) is 8.42 Å². The van der Waals surface area contributed by atoms with Gasteiger partial charge in [-0.2, -0.15) is 0 Å². The molecule has 5 nitrogen and oxygen atoms in total. The van der Waals surface area contributed by atoms with Crippen molar-refractivity contribution < 1.29 is 13.5 Å². The summed E-state index contributed by atoms with van der Waals surface area (Å²) in [7, 11) is -1.82. The first kappa shape index (κ1) is 15.3. The molecule has 0 bridgehead atoms. The summed E-state index contributed by atoms with van der Waals surface area (Å²) in [4.78, 5) is 0.209. The van der Waals surface area contributed by atoms with Gasteiger partial charge in [-0.3, -0.25) is 4.72 Å². The molecule has 0 spiro atoms. The minimum Gasteiger partial charge on any atom is -0.396 e. The summed E-state index contributed by atoms with van der Waals surface area (Å²) >= 11 is 0. The molecule has 0 aliphatic rings. The maximum atomic E-state index is 12.2. The van der Waals surface area contributed by atoms with Gasteiger partial charge in [0.05, 0.1) is 4.90 Å². The molecule has 2 aromatic rings. The predicted octanol–water partition coefficient (Wildman–Crippen LogP) is 2.06. The van der Waals surface area contributed by atoms with E-state index in [2.05, 4.69) is 10.0 Å². The maximum Gasteiger partial charge on any atom is 0.261 e. The molecule has 0 saturated heterocycles. The summed E-state index contributed by atoms with van der Waals surface area (Å²) < 4.78 is 27.0. The zero-order valence-electron chi connectivity index (χ0n) is 11.7. The fourth-order valence-electron chi connectivity index (χ4n) is 1.88. The fourth-order valence-corrected chi connectivity index (χ4v) is 2.94. The van der Waals surface area contributed by atoms with Crippen molar-refractivity contribution in [3.63, 3.8) is 0 Å². The van der Waals surface area contributed by atoms with E-state index in [1.165, 1.54) is 0 Å². The van der Waals surface area contributed by atoms with E-state index in [0.717, 1.165) is 11.3 Å². The van der Waals surface area contributed by atoms with Crippen molar-refractivity contribution in [2.45, 2.75) is 11.3 Å². The van der Waals surface area contributed by atoms with E-state index in [9.17, 15) is 8.42 Å². The van der Waals surface area contributed by atoms with Crippen molar-refractivity contribution in [2.75, 3.05) is 23.7 Å². The molecular formula is C15H18N2O3S. The van der Waals surface area contributed by atoms with Crippen LogP contribution in [0, 0.1) is 0 Å². The van der Waals surface area contributed by atoms with Crippen molar-refractivity contribution in [1.29, 1.82) is 0 Å². The minimum atomic E-state index is -3.59. The fraction of sp³-hybridized carbons (Fsp3) is 0.200. The van der Waals surface area contributed by atoms with E-state index in [-0.39, 0.29) is 11.5 Å². The molecule has 0 heterocycles. The lowest BCUT2D eigenvalue weighted by atomic mass is 10.1. The van der Waals surface area contributed by atoms with Gasteiger partial charge in [-0.05, 0) is 48.4 Å². The number of hydrogen-bond donors (Lipinski definition) is 3. The van der Waals surface area contributed by atoms with Crippen LogP contribution >= 0.6 is 0 Å². The number of anilines is 2. The third-order valence-electron chi connectivity index (χ3n) is 3.06. The Labute approximate surface area is 124 Å². The molecule has 6 heteroatoms. The largest absolute Gasteiger partial charge is 0.396 e. The van der Waals surface area contributed by atoms with Gasteiger partial charge < -0.3 is 10.4 Å². The maximum absolute atomic E-state index is 12.2. The molecule has 0 atom stereocenters. The molecule has 112 valence electrons. The standard InChI is InChI=1S/C15H18N2O3S/c1-16-13-6-8-15(9-7-13)21(19,20)17-14-4-2-12(3-5-14)10-11-18/h2-9,16-18H,10-11H2,1H3. The monoisotopic (exact) mass is 306 g/mol. The second-order valence-corrected chi connectivity index (χ2v) is 6.23. The Kier molecular flexibility index (Phi) is 4.82. The van der Waals surface area contributed by atoms with Crippen molar-refractivity contribution in [2.24, 2.45) is 0 Å². The van der Waals surface area contributed by atoms with Gasteiger partial charge in [0, 0.05) is 25.0 Å². The summed E-state index contributed by atoms with van der Waals surface area (Å²) in [5, 5.41) is 11.8. The Balaban J connectivity index is 2.16. The van der Waals surface area contributed by atoms with E-state index in [1.54, 1.807) is 55.6 Å². The molecule has 2 rings (SSSR count). The van der Waals surface area contributed by atoms with Crippen molar-refractivity contribution in [3.05, 3.63) is 54.1 Å². The quantitative estimate of drug-likeness (QED) is 0.763. The molecule has 0 aliphatic carbocycles. The third-order valence-corrected chi connectivity index (χ3v) is 4.46. The number of rotatable bonds is 6. The normalized spacial score (nSPS) is 11.1. The summed E-state index contributed by atoms with van der Waals surface area (Å²) in [6, 6.07) is 13.5. The number of hydrogen-bond acceptors (Lipinski definition) is 4. The Bertz CT molecular complexity index is 680. The van der Waals surface area contributed by atoms with E-state index in [4.69, 9.17) is 5.11 Å². The number of nitrogens with one attached hydrogen (secondary N) is 2. The van der Waals surface area contributed by atoms with Gasteiger partial charge in [0.25, 0.3) is 10.0 Å². The average Bonchev–Trinajstić information content (AvgIpc) is 2.49.